The molecule has 1 heterocycles. The molecule has 0 aliphatic carbocycles. The zero-order chi connectivity index (χ0) is 17.1. The molecule has 0 aromatic heterocycles. The summed E-state index contributed by atoms with van der Waals surface area (Å²) in [5, 5.41) is 7.93. The molecule has 1 aliphatic heterocycles. The van der Waals surface area contributed by atoms with E-state index in [2.05, 4.69) is 77.7 Å². The number of benzene rings is 5. The van der Waals surface area contributed by atoms with Gasteiger partial charge < -0.3 is 9.64 Å². The Kier molecular flexibility index (Phi) is 2.75. The third-order valence-corrected chi connectivity index (χ3v) is 5.56. The van der Waals surface area contributed by atoms with E-state index in [1.807, 2.05) is 6.07 Å². The first-order chi connectivity index (χ1) is 12.9. The second kappa shape index (κ2) is 5.12. The maximum absolute atomic E-state index is 6.01. The molecular formula is C24H17NO. The van der Waals surface area contributed by atoms with Crippen molar-refractivity contribution in [3.8, 4) is 5.75 Å². The lowest BCUT2D eigenvalue weighted by Gasteiger charge is -2.32. The third kappa shape index (κ3) is 1.87. The summed E-state index contributed by atoms with van der Waals surface area (Å²) >= 11 is 0. The molecule has 0 spiro atoms. The predicted octanol–water partition coefficient (Wildman–Crippen LogP) is 5.94. The summed E-state index contributed by atoms with van der Waals surface area (Å²) in [6.45, 7) is 1.46. The molecule has 0 saturated heterocycles. The fourth-order valence-electron chi connectivity index (χ4n) is 4.32. The normalized spacial score (nSPS) is 14.1. The molecule has 0 bridgehead atoms. The van der Waals surface area contributed by atoms with Crippen molar-refractivity contribution in [2.45, 2.75) is 6.54 Å². The smallest absolute Gasteiger partial charge is 0.161 e. The summed E-state index contributed by atoms with van der Waals surface area (Å²) in [7, 11) is 0. The molecule has 124 valence electrons. The zero-order valence-corrected chi connectivity index (χ0v) is 14.3. The van der Waals surface area contributed by atoms with E-state index in [-0.39, 0.29) is 0 Å². The van der Waals surface area contributed by atoms with Crippen LogP contribution < -0.4 is 9.64 Å². The predicted molar refractivity (Wildman–Crippen MR) is 108 cm³/mol. The van der Waals surface area contributed by atoms with Crippen LogP contribution in [0.15, 0.2) is 78.9 Å². The number of hydrogen-bond acceptors (Lipinski definition) is 2. The van der Waals surface area contributed by atoms with E-state index >= 15 is 0 Å². The molecule has 0 unspecified atom stereocenters. The summed E-state index contributed by atoms with van der Waals surface area (Å²) in [5.74, 6) is 1.00. The van der Waals surface area contributed by atoms with Gasteiger partial charge in [-0.25, -0.2) is 0 Å². The fourth-order valence-corrected chi connectivity index (χ4v) is 4.32. The Labute approximate surface area is 151 Å². The van der Waals surface area contributed by atoms with Gasteiger partial charge in [0, 0.05) is 23.2 Å². The number of ether oxygens (including phenoxy) is 1. The highest BCUT2D eigenvalue weighted by Gasteiger charge is 2.20. The number of nitrogens with zero attached hydrogens (tertiary/aromatic N) is 1. The van der Waals surface area contributed by atoms with E-state index in [0.29, 0.717) is 6.73 Å². The van der Waals surface area contributed by atoms with Crippen molar-refractivity contribution in [1.82, 2.24) is 0 Å². The molecule has 5 aromatic rings. The van der Waals surface area contributed by atoms with Gasteiger partial charge in [-0.05, 0) is 39.1 Å². The van der Waals surface area contributed by atoms with Crippen molar-refractivity contribution < 1.29 is 4.74 Å². The van der Waals surface area contributed by atoms with Crippen LogP contribution in [-0.4, -0.2) is 6.73 Å². The molecule has 5 aromatic carbocycles. The number of fused-ring (bicyclic) bond motifs is 1. The lowest BCUT2D eigenvalue weighted by atomic mass is 9.93. The van der Waals surface area contributed by atoms with Gasteiger partial charge in [-0.1, -0.05) is 66.7 Å². The minimum atomic E-state index is 0.584. The highest BCUT2D eigenvalue weighted by atomic mass is 16.5. The zero-order valence-electron chi connectivity index (χ0n) is 14.3. The van der Waals surface area contributed by atoms with Crippen molar-refractivity contribution in [1.29, 1.82) is 0 Å². The van der Waals surface area contributed by atoms with Crippen LogP contribution in [0.2, 0.25) is 0 Å². The molecular weight excluding hydrogens is 318 g/mol. The molecule has 0 saturated carbocycles. The van der Waals surface area contributed by atoms with Gasteiger partial charge in [0.05, 0.1) is 0 Å². The molecule has 0 N–H and O–H groups in total. The lowest BCUT2D eigenvalue weighted by Crippen LogP contribution is -2.31. The van der Waals surface area contributed by atoms with Gasteiger partial charge in [-0.2, -0.15) is 0 Å². The Morgan fingerprint density at radius 2 is 1.38 bits per heavy atom. The minimum absolute atomic E-state index is 0.584. The van der Waals surface area contributed by atoms with Crippen LogP contribution in [0.1, 0.15) is 5.56 Å². The minimum Gasteiger partial charge on any atom is -0.473 e. The third-order valence-electron chi connectivity index (χ3n) is 5.56. The molecule has 0 amide bonds. The molecule has 26 heavy (non-hydrogen) atoms. The van der Waals surface area contributed by atoms with Crippen LogP contribution in [-0.2, 0) is 6.54 Å². The first-order valence-electron chi connectivity index (χ1n) is 9.01. The van der Waals surface area contributed by atoms with E-state index in [1.165, 1.54) is 43.6 Å². The first kappa shape index (κ1) is 14.0. The number of para-hydroxylation sites is 1. The quantitative estimate of drug-likeness (QED) is 0.351. The molecule has 2 heteroatoms. The SMILES string of the molecule is c1ccc2c(c1)CN(c1ccc3ccc4cccc5ccc1c3c45)CO2. The topological polar surface area (TPSA) is 12.5 Å². The van der Waals surface area contributed by atoms with Gasteiger partial charge in [-0.15, -0.1) is 0 Å². The fraction of sp³-hybridized carbons (Fsp3) is 0.0833. The second-order valence-corrected chi connectivity index (χ2v) is 7.02. The summed E-state index contributed by atoms with van der Waals surface area (Å²) < 4.78 is 6.01. The van der Waals surface area contributed by atoms with Crippen LogP contribution in [0.3, 0.4) is 0 Å². The maximum atomic E-state index is 6.01. The second-order valence-electron chi connectivity index (χ2n) is 7.02. The van der Waals surface area contributed by atoms with E-state index < -0.39 is 0 Å². The molecule has 0 fully saturated rings. The van der Waals surface area contributed by atoms with Crippen molar-refractivity contribution in [3.05, 3.63) is 84.4 Å². The van der Waals surface area contributed by atoms with Gasteiger partial charge >= 0.3 is 0 Å². The van der Waals surface area contributed by atoms with E-state index in [9.17, 15) is 0 Å². The van der Waals surface area contributed by atoms with E-state index in [1.54, 1.807) is 0 Å². The summed E-state index contributed by atoms with van der Waals surface area (Å²) in [6, 6.07) is 28.3. The van der Waals surface area contributed by atoms with E-state index in [0.717, 1.165) is 12.3 Å². The van der Waals surface area contributed by atoms with Gasteiger partial charge in [0.1, 0.15) is 5.75 Å². The Morgan fingerprint density at radius 3 is 2.27 bits per heavy atom. The van der Waals surface area contributed by atoms with Crippen molar-refractivity contribution in [2.24, 2.45) is 0 Å². The molecule has 6 rings (SSSR count). The standard InChI is InChI=1S/C24H17NO/c1-2-7-22-19(4-1)14-25(15-26-22)21-13-11-18-9-8-16-5-3-6-17-10-12-20(21)24(18)23(16)17/h1-13H,14-15H2. The van der Waals surface area contributed by atoms with Crippen LogP contribution in [0.5, 0.6) is 5.75 Å². The van der Waals surface area contributed by atoms with Gasteiger partial charge in [0.2, 0.25) is 0 Å². The van der Waals surface area contributed by atoms with E-state index in [4.69, 9.17) is 4.74 Å². The molecule has 0 radical (unpaired) electrons. The Bertz CT molecular complexity index is 1260. The van der Waals surface area contributed by atoms with Crippen molar-refractivity contribution in [2.75, 3.05) is 11.6 Å². The van der Waals surface area contributed by atoms with Crippen molar-refractivity contribution >= 4 is 38.0 Å². The molecule has 0 atom stereocenters. The summed E-state index contributed by atoms with van der Waals surface area (Å²) in [4.78, 5) is 2.33. The number of anilines is 1. The molecule has 1 aliphatic rings. The maximum Gasteiger partial charge on any atom is 0.161 e. The average molecular weight is 335 g/mol. The highest BCUT2D eigenvalue weighted by molar-refractivity contribution is 6.25. The molecule has 2 nitrogen and oxygen atoms in total. The monoisotopic (exact) mass is 335 g/mol. The van der Waals surface area contributed by atoms with Crippen LogP contribution in [0, 0.1) is 0 Å². The van der Waals surface area contributed by atoms with Gasteiger partial charge in [0.25, 0.3) is 0 Å². The Hall–Kier alpha value is -3.26. The Balaban J connectivity index is 1.60. The van der Waals surface area contributed by atoms with Gasteiger partial charge in [-0.3, -0.25) is 0 Å². The summed E-state index contributed by atoms with van der Waals surface area (Å²) in [6.07, 6.45) is 0. The van der Waals surface area contributed by atoms with Gasteiger partial charge in [0.15, 0.2) is 6.73 Å². The van der Waals surface area contributed by atoms with Crippen LogP contribution >= 0.6 is 0 Å². The van der Waals surface area contributed by atoms with Crippen molar-refractivity contribution in [3.63, 3.8) is 0 Å². The van der Waals surface area contributed by atoms with Crippen LogP contribution in [0.4, 0.5) is 5.69 Å². The lowest BCUT2D eigenvalue weighted by molar-refractivity contribution is 0.290. The number of rotatable bonds is 1. The van der Waals surface area contributed by atoms with Crippen LogP contribution in [0.25, 0.3) is 32.3 Å². The summed E-state index contributed by atoms with van der Waals surface area (Å²) in [5.41, 5.74) is 2.48. The average Bonchev–Trinajstić information content (AvgIpc) is 2.71. The highest BCUT2D eigenvalue weighted by Crippen LogP contribution is 2.40. The number of hydrogen-bond donors (Lipinski definition) is 0. The Morgan fingerprint density at radius 1 is 0.654 bits per heavy atom. The largest absolute Gasteiger partial charge is 0.473 e. The first-order valence-corrected chi connectivity index (χ1v) is 9.01.